The molecule has 0 aliphatic heterocycles. The van der Waals surface area contributed by atoms with E-state index < -0.39 is 0 Å². The van der Waals surface area contributed by atoms with Crippen LogP contribution in [0, 0.1) is 17.0 Å². The molecule has 2 aromatic carbocycles. The van der Waals surface area contributed by atoms with Crippen LogP contribution in [0.5, 0.6) is 0 Å². The van der Waals surface area contributed by atoms with Gasteiger partial charge in [-0.05, 0) is 43.2 Å². The van der Waals surface area contributed by atoms with Gasteiger partial charge in [-0.1, -0.05) is 30.7 Å². The smallest absolute Gasteiger partial charge is 0.272 e. The molecule has 0 aromatic heterocycles. The van der Waals surface area contributed by atoms with Crippen molar-refractivity contribution in [2.45, 2.75) is 26.3 Å². The molecule has 5 heteroatoms. The lowest BCUT2D eigenvalue weighted by atomic mass is 10.0. The Bertz CT molecular complexity index is 658. The highest BCUT2D eigenvalue weighted by Crippen LogP contribution is 2.27. The zero-order valence-electron chi connectivity index (χ0n) is 12.0. The number of hydrogen-bond donors (Lipinski definition) is 1. The lowest BCUT2D eigenvalue weighted by molar-refractivity contribution is -0.385. The van der Waals surface area contributed by atoms with Gasteiger partial charge in [-0.2, -0.15) is 0 Å². The van der Waals surface area contributed by atoms with Crippen molar-refractivity contribution in [3.05, 3.63) is 68.7 Å². The molecular formula is C16H17ClN2O2. The number of rotatable bonds is 5. The zero-order chi connectivity index (χ0) is 15.4. The first-order chi connectivity index (χ1) is 10.0. The summed E-state index contributed by atoms with van der Waals surface area (Å²) in [5.41, 5.74) is 2.74. The third-order valence-electron chi connectivity index (χ3n) is 3.39. The van der Waals surface area contributed by atoms with Crippen molar-refractivity contribution in [3.63, 3.8) is 0 Å². The van der Waals surface area contributed by atoms with Crippen LogP contribution in [0.15, 0.2) is 42.5 Å². The number of nitro benzene ring substituents is 1. The molecule has 1 atom stereocenters. The number of benzene rings is 2. The number of aryl methyl sites for hydroxylation is 1. The Hall–Kier alpha value is -2.07. The van der Waals surface area contributed by atoms with E-state index in [1.165, 1.54) is 6.07 Å². The van der Waals surface area contributed by atoms with Gasteiger partial charge in [0.1, 0.15) is 0 Å². The van der Waals surface area contributed by atoms with Crippen molar-refractivity contribution in [3.8, 4) is 0 Å². The number of nitrogens with one attached hydrogen (secondary N) is 1. The second-order valence-electron chi connectivity index (χ2n) is 4.92. The number of nitro groups is 1. The molecular weight excluding hydrogens is 288 g/mol. The molecule has 0 heterocycles. The van der Waals surface area contributed by atoms with E-state index in [2.05, 4.69) is 12.2 Å². The Morgan fingerprint density at radius 1 is 1.29 bits per heavy atom. The third kappa shape index (κ3) is 3.73. The van der Waals surface area contributed by atoms with Crippen LogP contribution in [0.2, 0.25) is 5.02 Å². The van der Waals surface area contributed by atoms with E-state index in [0.29, 0.717) is 10.6 Å². The molecule has 0 amide bonds. The summed E-state index contributed by atoms with van der Waals surface area (Å²) < 4.78 is 0. The van der Waals surface area contributed by atoms with E-state index in [9.17, 15) is 10.1 Å². The van der Waals surface area contributed by atoms with Gasteiger partial charge in [0.2, 0.25) is 0 Å². The maximum atomic E-state index is 10.8. The average molecular weight is 305 g/mol. The summed E-state index contributed by atoms with van der Waals surface area (Å²) in [4.78, 5) is 10.5. The Balaban J connectivity index is 2.23. The highest BCUT2D eigenvalue weighted by Gasteiger charge is 2.13. The molecule has 0 fully saturated rings. The summed E-state index contributed by atoms with van der Waals surface area (Å²) in [7, 11) is 0. The molecule has 110 valence electrons. The molecule has 0 spiro atoms. The highest BCUT2D eigenvalue weighted by atomic mass is 35.5. The van der Waals surface area contributed by atoms with Gasteiger partial charge in [0.25, 0.3) is 5.69 Å². The van der Waals surface area contributed by atoms with Crippen LogP contribution in [-0.4, -0.2) is 4.92 Å². The molecule has 2 aromatic rings. The first-order valence-electron chi connectivity index (χ1n) is 6.78. The second kappa shape index (κ2) is 6.59. The molecule has 0 radical (unpaired) electrons. The molecule has 4 nitrogen and oxygen atoms in total. The van der Waals surface area contributed by atoms with Crippen LogP contribution >= 0.6 is 11.6 Å². The van der Waals surface area contributed by atoms with Crippen LogP contribution in [0.1, 0.15) is 30.5 Å². The van der Waals surface area contributed by atoms with Crippen molar-refractivity contribution in [2.24, 2.45) is 0 Å². The Morgan fingerprint density at radius 3 is 2.62 bits per heavy atom. The first-order valence-corrected chi connectivity index (χ1v) is 7.16. The van der Waals surface area contributed by atoms with Crippen LogP contribution in [-0.2, 0) is 0 Å². The van der Waals surface area contributed by atoms with Crippen LogP contribution < -0.4 is 5.32 Å². The van der Waals surface area contributed by atoms with E-state index in [-0.39, 0.29) is 16.7 Å². The monoisotopic (exact) mass is 304 g/mol. The van der Waals surface area contributed by atoms with Gasteiger partial charge in [-0.15, -0.1) is 0 Å². The summed E-state index contributed by atoms with van der Waals surface area (Å²) in [5.74, 6) is 0. The summed E-state index contributed by atoms with van der Waals surface area (Å²) in [6.45, 7) is 3.82. The molecule has 0 saturated heterocycles. The standard InChI is InChI=1S/C16H17ClN2O2/c1-3-15(12-5-4-6-13(17)10-12)18-14-7-8-16(19(20)21)11(2)9-14/h4-10,15,18H,3H2,1-2H3. The molecule has 0 aliphatic rings. The van der Waals surface area contributed by atoms with E-state index >= 15 is 0 Å². The molecule has 0 bridgehead atoms. The lowest BCUT2D eigenvalue weighted by Gasteiger charge is -2.19. The minimum Gasteiger partial charge on any atom is -0.378 e. The van der Waals surface area contributed by atoms with Gasteiger partial charge >= 0.3 is 0 Å². The number of hydrogen-bond acceptors (Lipinski definition) is 3. The quantitative estimate of drug-likeness (QED) is 0.616. The molecule has 2 rings (SSSR count). The van der Waals surface area contributed by atoms with E-state index in [1.54, 1.807) is 19.1 Å². The maximum Gasteiger partial charge on any atom is 0.272 e. The topological polar surface area (TPSA) is 55.2 Å². The number of nitrogens with zero attached hydrogens (tertiary/aromatic N) is 1. The van der Waals surface area contributed by atoms with Crippen molar-refractivity contribution >= 4 is 23.0 Å². The minimum atomic E-state index is -0.368. The van der Waals surface area contributed by atoms with Crippen molar-refractivity contribution in [1.82, 2.24) is 0 Å². The fraction of sp³-hybridized carbons (Fsp3) is 0.250. The number of halogens is 1. The van der Waals surface area contributed by atoms with Crippen molar-refractivity contribution < 1.29 is 4.92 Å². The third-order valence-corrected chi connectivity index (χ3v) is 3.63. The summed E-state index contributed by atoms with van der Waals surface area (Å²) in [6.07, 6.45) is 0.885. The van der Waals surface area contributed by atoms with Gasteiger partial charge in [0.15, 0.2) is 0 Å². The minimum absolute atomic E-state index is 0.115. The van der Waals surface area contributed by atoms with E-state index in [0.717, 1.165) is 17.7 Å². The van der Waals surface area contributed by atoms with Crippen LogP contribution in [0.4, 0.5) is 11.4 Å². The van der Waals surface area contributed by atoms with Crippen molar-refractivity contribution in [2.75, 3.05) is 5.32 Å². The van der Waals surface area contributed by atoms with Crippen LogP contribution in [0.3, 0.4) is 0 Å². The van der Waals surface area contributed by atoms with E-state index in [4.69, 9.17) is 11.6 Å². The van der Waals surface area contributed by atoms with Gasteiger partial charge < -0.3 is 5.32 Å². The van der Waals surface area contributed by atoms with Gasteiger partial charge in [0, 0.05) is 22.3 Å². The lowest BCUT2D eigenvalue weighted by Crippen LogP contribution is -2.09. The van der Waals surface area contributed by atoms with E-state index in [1.807, 2.05) is 24.3 Å². The van der Waals surface area contributed by atoms with Gasteiger partial charge in [-0.3, -0.25) is 10.1 Å². The second-order valence-corrected chi connectivity index (χ2v) is 5.35. The Kier molecular flexibility index (Phi) is 4.81. The Morgan fingerprint density at radius 2 is 2.05 bits per heavy atom. The molecule has 21 heavy (non-hydrogen) atoms. The largest absolute Gasteiger partial charge is 0.378 e. The van der Waals surface area contributed by atoms with Gasteiger partial charge in [0.05, 0.1) is 11.0 Å². The highest BCUT2D eigenvalue weighted by molar-refractivity contribution is 6.30. The van der Waals surface area contributed by atoms with Crippen LogP contribution in [0.25, 0.3) is 0 Å². The summed E-state index contributed by atoms with van der Waals surface area (Å²) in [5, 5.41) is 14.9. The first kappa shape index (κ1) is 15.3. The molecule has 1 N–H and O–H groups in total. The van der Waals surface area contributed by atoms with Gasteiger partial charge in [-0.25, -0.2) is 0 Å². The van der Waals surface area contributed by atoms with Crippen molar-refractivity contribution in [1.29, 1.82) is 0 Å². The summed E-state index contributed by atoms with van der Waals surface area (Å²) >= 11 is 6.03. The zero-order valence-corrected chi connectivity index (χ0v) is 12.7. The maximum absolute atomic E-state index is 10.8. The summed E-state index contributed by atoms with van der Waals surface area (Å²) in [6, 6.07) is 12.9. The SMILES string of the molecule is CCC(Nc1ccc([N+](=O)[O-])c(C)c1)c1cccc(Cl)c1. The fourth-order valence-electron chi connectivity index (χ4n) is 2.30. The molecule has 0 aliphatic carbocycles. The predicted octanol–water partition coefficient (Wildman–Crippen LogP) is 5.12. The fourth-order valence-corrected chi connectivity index (χ4v) is 2.49. The molecule has 0 saturated carbocycles. The Labute approximate surface area is 128 Å². The normalized spacial score (nSPS) is 12.0. The average Bonchev–Trinajstić information content (AvgIpc) is 2.44. The predicted molar refractivity (Wildman–Crippen MR) is 85.9 cm³/mol. The molecule has 1 unspecified atom stereocenters. The number of anilines is 1.